The van der Waals surface area contributed by atoms with E-state index < -0.39 is 42.5 Å². The van der Waals surface area contributed by atoms with Gasteiger partial charge >= 0.3 is 0 Å². The van der Waals surface area contributed by atoms with Crippen molar-refractivity contribution >= 4 is 27.7 Å². The first-order valence-electron chi connectivity index (χ1n) is 11.3. The standard InChI is InChI=1S/C25H24BrF3N4O3/c26-15-5-14(6-16(27)9-15)21(11-34)33-25(36)17-3-1-13(8-18(17)28)23-24(30)31-10-20(32-23)12-2-4-22(35)19(29)7-12/h1,3,5-6,8-10,12,19,21-22,34-35H,2,4,7,11H2,(H2,30,31)(H,33,36)/t12-,19-,21+,22-/m0/s1. The third-order valence-corrected chi connectivity index (χ3v) is 6.70. The van der Waals surface area contributed by atoms with Crippen LogP contribution in [0.2, 0.25) is 0 Å². The molecule has 2 aromatic carbocycles. The van der Waals surface area contributed by atoms with Crippen LogP contribution in [0.25, 0.3) is 11.3 Å². The zero-order valence-electron chi connectivity index (χ0n) is 19.0. The number of halogens is 4. The highest BCUT2D eigenvalue weighted by molar-refractivity contribution is 9.10. The van der Waals surface area contributed by atoms with Gasteiger partial charge in [-0.3, -0.25) is 4.79 Å². The number of alkyl halides is 1. The van der Waals surface area contributed by atoms with Gasteiger partial charge in [0.2, 0.25) is 0 Å². The minimum Gasteiger partial charge on any atom is -0.394 e. The molecule has 0 unspecified atom stereocenters. The summed E-state index contributed by atoms with van der Waals surface area (Å²) in [6.07, 6.45) is 0.0155. The van der Waals surface area contributed by atoms with Crippen LogP contribution in [-0.2, 0) is 0 Å². The second-order valence-electron chi connectivity index (χ2n) is 8.73. The Balaban J connectivity index is 1.56. The predicted octanol–water partition coefficient (Wildman–Crippen LogP) is 4.20. The number of rotatable bonds is 6. The zero-order chi connectivity index (χ0) is 26.0. The Labute approximate surface area is 213 Å². The van der Waals surface area contributed by atoms with Crippen LogP contribution in [-0.4, -0.2) is 45.0 Å². The zero-order valence-corrected chi connectivity index (χ0v) is 20.6. The van der Waals surface area contributed by atoms with E-state index in [1.54, 1.807) is 0 Å². The number of hydrogen-bond donors (Lipinski definition) is 4. The summed E-state index contributed by atoms with van der Waals surface area (Å²) < 4.78 is 43.2. The SMILES string of the molecule is Nc1ncc([C@H]2CC[C@H](O)[C@@H](F)C2)nc1-c1ccc(C(=O)N[C@H](CO)c2cc(F)cc(Br)c2)c(F)c1. The third-order valence-electron chi connectivity index (χ3n) is 6.24. The molecule has 36 heavy (non-hydrogen) atoms. The van der Waals surface area contributed by atoms with Crippen LogP contribution in [0.1, 0.15) is 52.8 Å². The fourth-order valence-corrected chi connectivity index (χ4v) is 4.77. The molecule has 1 amide bonds. The smallest absolute Gasteiger partial charge is 0.254 e. The van der Waals surface area contributed by atoms with E-state index in [2.05, 4.69) is 31.2 Å². The molecule has 1 aliphatic rings. The normalized spacial score (nSPS) is 20.7. The summed E-state index contributed by atoms with van der Waals surface area (Å²) in [5.74, 6) is -2.45. The molecular weight excluding hydrogens is 541 g/mol. The van der Waals surface area contributed by atoms with Crippen LogP contribution in [0.3, 0.4) is 0 Å². The molecule has 0 radical (unpaired) electrons. The van der Waals surface area contributed by atoms with Gasteiger partial charge in [0.05, 0.1) is 36.2 Å². The number of hydrogen-bond acceptors (Lipinski definition) is 6. The molecule has 0 aliphatic heterocycles. The molecule has 7 nitrogen and oxygen atoms in total. The van der Waals surface area contributed by atoms with Crippen LogP contribution < -0.4 is 11.1 Å². The summed E-state index contributed by atoms with van der Waals surface area (Å²) in [7, 11) is 0. The number of nitrogens with one attached hydrogen (secondary N) is 1. The van der Waals surface area contributed by atoms with Crippen molar-refractivity contribution in [2.75, 3.05) is 12.3 Å². The van der Waals surface area contributed by atoms with Crippen molar-refractivity contribution in [1.29, 1.82) is 0 Å². The fraction of sp³-hybridized carbons (Fsp3) is 0.320. The van der Waals surface area contributed by atoms with Crippen LogP contribution in [0.15, 0.2) is 47.1 Å². The van der Waals surface area contributed by atoms with Gasteiger partial charge in [0.15, 0.2) is 0 Å². The highest BCUT2D eigenvalue weighted by Crippen LogP contribution is 2.35. The van der Waals surface area contributed by atoms with Crippen molar-refractivity contribution in [3.63, 3.8) is 0 Å². The molecule has 0 bridgehead atoms. The molecule has 3 aromatic rings. The van der Waals surface area contributed by atoms with Gasteiger partial charge in [0.1, 0.15) is 29.3 Å². The summed E-state index contributed by atoms with van der Waals surface area (Å²) >= 11 is 3.16. The highest BCUT2D eigenvalue weighted by atomic mass is 79.9. The molecule has 5 N–H and O–H groups in total. The summed E-state index contributed by atoms with van der Waals surface area (Å²) in [6.45, 7) is -0.530. The molecular formula is C25H24BrF3N4O3. The number of carbonyl (C=O) groups excluding carboxylic acids is 1. The van der Waals surface area contributed by atoms with Gasteiger partial charge in [0, 0.05) is 16.0 Å². The number of benzene rings is 2. The number of nitrogens with two attached hydrogens (primary N) is 1. The number of aliphatic hydroxyl groups is 2. The second-order valence-corrected chi connectivity index (χ2v) is 9.64. The van der Waals surface area contributed by atoms with Crippen molar-refractivity contribution in [3.8, 4) is 11.3 Å². The predicted molar refractivity (Wildman–Crippen MR) is 131 cm³/mol. The second kappa shape index (κ2) is 10.9. The molecule has 1 aromatic heterocycles. The number of aliphatic hydroxyl groups excluding tert-OH is 2. The minimum atomic E-state index is -1.36. The third kappa shape index (κ3) is 5.69. The molecule has 4 atom stereocenters. The number of aromatic nitrogens is 2. The van der Waals surface area contributed by atoms with Gasteiger partial charge < -0.3 is 21.3 Å². The number of nitrogens with zero attached hydrogens (tertiary/aromatic N) is 2. The van der Waals surface area contributed by atoms with E-state index in [1.165, 1.54) is 30.5 Å². The highest BCUT2D eigenvalue weighted by Gasteiger charge is 2.31. The van der Waals surface area contributed by atoms with Crippen molar-refractivity contribution < 1.29 is 28.2 Å². The van der Waals surface area contributed by atoms with Crippen LogP contribution in [0, 0.1) is 11.6 Å². The van der Waals surface area contributed by atoms with E-state index >= 15 is 0 Å². The van der Waals surface area contributed by atoms with Gasteiger partial charge in [-0.25, -0.2) is 23.1 Å². The maximum absolute atomic E-state index is 15.0. The average molecular weight is 565 g/mol. The molecule has 4 rings (SSSR count). The van der Waals surface area contributed by atoms with Crippen molar-refractivity contribution in [2.45, 2.75) is 43.5 Å². The van der Waals surface area contributed by atoms with Crippen molar-refractivity contribution in [3.05, 3.63) is 75.5 Å². The molecule has 1 aliphatic carbocycles. The summed E-state index contributed by atoms with van der Waals surface area (Å²) in [5, 5.41) is 21.8. The number of anilines is 1. The average Bonchev–Trinajstić information content (AvgIpc) is 2.83. The lowest BCUT2D eigenvalue weighted by atomic mass is 9.84. The quantitative estimate of drug-likeness (QED) is 0.356. The van der Waals surface area contributed by atoms with Gasteiger partial charge in [-0.15, -0.1) is 0 Å². The van der Waals surface area contributed by atoms with E-state index in [0.29, 0.717) is 28.6 Å². The molecule has 11 heteroatoms. The Kier molecular flexibility index (Phi) is 7.91. The number of amides is 1. The minimum absolute atomic E-state index is 0.0417. The molecule has 0 saturated heterocycles. The Morgan fingerprint density at radius 3 is 2.67 bits per heavy atom. The first-order valence-corrected chi connectivity index (χ1v) is 12.1. The largest absolute Gasteiger partial charge is 0.394 e. The van der Waals surface area contributed by atoms with Gasteiger partial charge in [-0.05, 0) is 55.2 Å². The molecule has 1 heterocycles. The van der Waals surface area contributed by atoms with Crippen LogP contribution in [0.4, 0.5) is 19.0 Å². The van der Waals surface area contributed by atoms with Gasteiger partial charge in [-0.2, -0.15) is 0 Å². The molecule has 1 saturated carbocycles. The number of nitrogen functional groups attached to an aromatic ring is 1. The molecule has 1 fully saturated rings. The molecule has 0 spiro atoms. The number of carbonyl (C=O) groups is 1. The first kappa shape index (κ1) is 26.1. The van der Waals surface area contributed by atoms with E-state index in [9.17, 15) is 28.2 Å². The van der Waals surface area contributed by atoms with E-state index in [4.69, 9.17) is 5.73 Å². The Morgan fingerprint density at radius 2 is 2.00 bits per heavy atom. The lowest BCUT2D eigenvalue weighted by Gasteiger charge is -2.28. The summed E-state index contributed by atoms with van der Waals surface area (Å²) in [5.41, 5.74) is 6.94. The van der Waals surface area contributed by atoms with Gasteiger partial charge in [0.25, 0.3) is 5.91 Å². The Bertz CT molecular complexity index is 1260. The van der Waals surface area contributed by atoms with E-state index in [0.717, 1.165) is 12.1 Å². The lowest BCUT2D eigenvalue weighted by Crippen LogP contribution is -2.31. The van der Waals surface area contributed by atoms with Crippen molar-refractivity contribution in [1.82, 2.24) is 15.3 Å². The Hall–Kier alpha value is -3.02. The monoisotopic (exact) mass is 564 g/mol. The van der Waals surface area contributed by atoms with Gasteiger partial charge in [-0.1, -0.05) is 22.0 Å². The maximum atomic E-state index is 15.0. The fourth-order valence-electron chi connectivity index (χ4n) is 4.28. The summed E-state index contributed by atoms with van der Waals surface area (Å²) in [4.78, 5) is 21.3. The maximum Gasteiger partial charge on any atom is 0.254 e. The lowest BCUT2D eigenvalue weighted by molar-refractivity contribution is 0.0363. The van der Waals surface area contributed by atoms with E-state index in [-0.39, 0.29) is 35.0 Å². The van der Waals surface area contributed by atoms with Crippen LogP contribution >= 0.6 is 15.9 Å². The summed E-state index contributed by atoms with van der Waals surface area (Å²) in [6, 6.07) is 6.77. The van der Waals surface area contributed by atoms with E-state index in [1.807, 2.05) is 0 Å². The van der Waals surface area contributed by atoms with Crippen molar-refractivity contribution in [2.24, 2.45) is 0 Å². The topological polar surface area (TPSA) is 121 Å². The Morgan fingerprint density at radius 1 is 1.22 bits per heavy atom. The van der Waals surface area contributed by atoms with Crippen LogP contribution in [0.5, 0.6) is 0 Å². The molecule has 190 valence electrons. The first-order chi connectivity index (χ1) is 17.2.